The van der Waals surface area contributed by atoms with Crippen LogP contribution in [0.4, 0.5) is 0 Å². The van der Waals surface area contributed by atoms with Gasteiger partial charge >= 0.3 is 0 Å². The lowest BCUT2D eigenvalue weighted by Crippen LogP contribution is -2.24. The molecule has 2 heteroatoms. The molecule has 1 heterocycles. The van der Waals surface area contributed by atoms with Gasteiger partial charge in [-0.2, -0.15) is 0 Å². The zero-order valence-corrected chi connectivity index (χ0v) is 12.5. The van der Waals surface area contributed by atoms with E-state index in [0.29, 0.717) is 0 Å². The second-order valence-corrected chi connectivity index (χ2v) is 5.67. The highest BCUT2D eigenvalue weighted by molar-refractivity contribution is 6.18. The summed E-state index contributed by atoms with van der Waals surface area (Å²) < 4.78 is 0. The van der Waals surface area contributed by atoms with Crippen molar-refractivity contribution in [2.75, 3.05) is 0 Å². The molecule has 0 fully saturated rings. The third-order valence-electron chi connectivity index (χ3n) is 3.92. The van der Waals surface area contributed by atoms with Crippen LogP contribution in [0.15, 0.2) is 41.1 Å². The molecule has 1 aliphatic heterocycles. The number of ketones is 1. The molecule has 20 heavy (non-hydrogen) atoms. The minimum Gasteiger partial charge on any atom is -0.294 e. The van der Waals surface area contributed by atoms with Crippen LogP contribution in [0, 0.1) is 5.92 Å². The van der Waals surface area contributed by atoms with E-state index in [1.54, 1.807) is 6.08 Å². The van der Waals surface area contributed by atoms with Crippen molar-refractivity contribution >= 4 is 11.5 Å². The molecule has 0 aromatic rings. The number of nitrogens with zero attached hydrogens (tertiary/aromatic N) is 1. The molecule has 108 valence electrons. The number of unbranched alkanes of at least 4 members (excludes halogenated alkanes) is 6. The summed E-state index contributed by atoms with van der Waals surface area (Å²) >= 11 is 0. The summed E-state index contributed by atoms with van der Waals surface area (Å²) in [5.41, 5.74) is 1.88. The van der Waals surface area contributed by atoms with Crippen molar-refractivity contribution in [1.82, 2.24) is 0 Å². The Kier molecular flexibility index (Phi) is 5.97. The molecule has 0 saturated carbocycles. The highest BCUT2D eigenvalue weighted by Crippen LogP contribution is 2.22. The maximum atomic E-state index is 12.0. The molecule has 0 N–H and O–H groups in total. The first-order valence-electron chi connectivity index (χ1n) is 7.99. The van der Waals surface area contributed by atoms with Crippen LogP contribution in [-0.2, 0) is 4.79 Å². The first-order chi connectivity index (χ1) is 9.81. The van der Waals surface area contributed by atoms with E-state index in [2.05, 4.69) is 11.9 Å². The molecule has 0 aromatic carbocycles. The fourth-order valence-corrected chi connectivity index (χ4v) is 2.72. The van der Waals surface area contributed by atoms with Gasteiger partial charge in [-0.1, -0.05) is 63.7 Å². The lowest BCUT2D eigenvalue weighted by molar-refractivity contribution is -0.115. The summed E-state index contributed by atoms with van der Waals surface area (Å²) in [5, 5.41) is 0. The van der Waals surface area contributed by atoms with Gasteiger partial charge in [0, 0.05) is 11.8 Å². The Morgan fingerprint density at radius 2 is 1.80 bits per heavy atom. The average molecular weight is 271 g/mol. The summed E-state index contributed by atoms with van der Waals surface area (Å²) in [5.74, 6) is 0.0614. The molecule has 1 unspecified atom stereocenters. The van der Waals surface area contributed by atoms with E-state index in [-0.39, 0.29) is 11.7 Å². The van der Waals surface area contributed by atoms with Crippen LogP contribution in [-0.4, -0.2) is 11.5 Å². The van der Waals surface area contributed by atoms with Crippen molar-refractivity contribution in [2.24, 2.45) is 10.9 Å². The molecular weight excluding hydrogens is 246 g/mol. The fraction of sp³-hybridized carbons (Fsp3) is 0.556. The standard InChI is InChI=1S/C18H25NO/c1-2-3-4-5-6-7-8-11-15-14-18(20)16-12-9-10-13-17(16)19-15/h9-10,12-14,16H,2-8,11H2,1H3. The molecule has 0 saturated heterocycles. The molecule has 0 aromatic heterocycles. The molecule has 0 bridgehead atoms. The third kappa shape index (κ3) is 4.29. The third-order valence-corrected chi connectivity index (χ3v) is 3.92. The van der Waals surface area contributed by atoms with Crippen LogP contribution < -0.4 is 0 Å². The summed E-state index contributed by atoms with van der Waals surface area (Å²) in [6, 6.07) is 0. The molecule has 0 radical (unpaired) electrons. The Morgan fingerprint density at radius 3 is 2.60 bits per heavy atom. The van der Waals surface area contributed by atoms with Gasteiger partial charge in [0.15, 0.2) is 5.78 Å². The van der Waals surface area contributed by atoms with E-state index in [1.165, 1.54) is 38.5 Å². The number of hydrogen-bond donors (Lipinski definition) is 0. The normalized spacial score (nSPS) is 20.6. The second-order valence-electron chi connectivity index (χ2n) is 5.67. The highest BCUT2D eigenvalue weighted by atomic mass is 16.1. The SMILES string of the molecule is CCCCCCCCCC1=CC(=O)C2C=CC=CC2=N1. The van der Waals surface area contributed by atoms with Gasteiger partial charge in [-0.25, -0.2) is 0 Å². The second kappa shape index (κ2) is 7.98. The van der Waals surface area contributed by atoms with Gasteiger partial charge in [-0.05, 0) is 18.9 Å². The van der Waals surface area contributed by atoms with Gasteiger partial charge in [0.1, 0.15) is 0 Å². The summed E-state index contributed by atoms with van der Waals surface area (Å²) in [6.07, 6.45) is 19.5. The zero-order valence-electron chi connectivity index (χ0n) is 12.5. The number of fused-ring (bicyclic) bond motifs is 1. The van der Waals surface area contributed by atoms with Crippen molar-refractivity contribution in [2.45, 2.75) is 58.3 Å². The quantitative estimate of drug-likeness (QED) is 0.584. The van der Waals surface area contributed by atoms with Crippen molar-refractivity contribution in [3.05, 3.63) is 36.1 Å². The fourth-order valence-electron chi connectivity index (χ4n) is 2.72. The number of rotatable bonds is 8. The maximum Gasteiger partial charge on any atom is 0.170 e. The first kappa shape index (κ1) is 15.0. The summed E-state index contributed by atoms with van der Waals surface area (Å²) in [7, 11) is 0. The van der Waals surface area contributed by atoms with Crippen LogP contribution in [0.3, 0.4) is 0 Å². The van der Waals surface area contributed by atoms with E-state index in [1.807, 2.05) is 24.3 Å². The summed E-state index contributed by atoms with van der Waals surface area (Å²) in [4.78, 5) is 16.6. The lowest BCUT2D eigenvalue weighted by atomic mass is 9.90. The average Bonchev–Trinajstić information content (AvgIpc) is 2.46. The zero-order chi connectivity index (χ0) is 14.2. The number of allylic oxidation sites excluding steroid dienone is 6. The topological polar surface area (TPSA) is 29.4 Å². The van der Waals surface area contributed by atoms with E-state index in [9.17, 15) is 4.79 Å². The van der Waals surface area contributed by atoms with E-state index in [0.717, 1.165) is 24.3 Å². The minimum atomic E-state index is -0.127. The Bertz CT molecular complexity index is 454. The molecule has 2 nitrogen and oxygen atoms in total. The minimum absolute atomic E-state index is 0.127. The molecule has 2 rings (SSSR count). The largest absolute Gasteiger partial charge is 0.294 e. The first-order valence-corrected chi connectivity index (χ1v) is 7.99. The van der Waals surface area contributed by atoms with Gasteiger partial charge in [0.2, 0.25) is 0 Å². The predicted molar refractivity (Wildman–Crippen MR) is 84.9 cm³/mol. The van der Waals surface area contributed by atoms with Crippen LogP contribution >= 0.6 is 0 Å². The summed E-state index contributed by atoms with van der Waals surface area (Å²) in [6.45, 7) is 2.24. The van der Waals surface area contributed by atoms with E-state index in [4.69, 9.17) is 0 Å². The number of carbonyl (C=O) groups excluding carboxylic acids is 1. The van der Waals surface area contributed by atoms with Gasteiger partial charge in [-0.3, -0.25) is 9.79 Å². The highest BCUT2D eigenvalue weighted by Gasteiger charge is 2.24. The number of carbonyl (C=O) groups is 1. The maximum absolute atomic E-state index is 12.0. The van der Waals surface area contributed by atoms with Crippen molar-refractivity contribution in [1.29, 1.82) is 0 Å². The van der Waals surface area contributed by atoms with Gasteiger partial charge in [0.25, 0.3) is 0 Å². The van der Waals surface area contributed by atoms with Crippen molar-refractivity contribution in [3.8, 4) is 0 Å². The van der Waals surface area contributed by atoms with Crippen molar-refractivity contribution < 1.29 is 4.79 Å². The molecule has 2 aliphatic rings. The number of aliphatic imine (C=N–C) groups is 1. The lowest BCUT2D eigenvalue weighted by Gasteiger charge is -2.18. The number of hydrogen-bond acceptors (Lipinski definition) is 2. The molecule has 1 aliphatic carbocycles. The van der Waals surface area contributed by atoms with E-state index >= 15 is 0 Å². The molecular formula is C18H25NO. The van der Waals surface area contributed by atoms with Crippen LogP contribution in [0.2, 0.25) is 0 Å². The van der Waals surface area contributed by atoms with Gasteiger partial charge < -0.3 is 0 Å². The Morgan fingerprint density at radius 1 is 1.05 bits per heavy atom. The van der Waals surface area contributed by atoms with Gasteiger partial charge in [0.05, 0.1) is 11.6 Å². The van der Waals surface area contributed by atoms with Crippen LogP contribution in [0.25, 0.3) is 0 Å². The van der Waals surface area contributed by atoms with E-state index < -0.39 is 0 Å². The predicted octanol–water partition coefficient (Wildman–Crippen LogP) is 4.78. The Hall–Kier alpha value is -1.44. The molecule has 0 amide bonds. The smallest absolute Gasteiger partial charge is 0.170 e. The molecule has 1 atom stereocenters. The van der Waals surface area contributed by atoms with Crippen LogP contribution in [0.1, 0.15) is 58.3 Å². The Labute approximate surface area is 122 Å². The van der Waals surface area contributed by atoms with Crippen molar-refractivity contribution in [3.63, 3.8) is 0 Å². The Balaban J connectivity index is 1.71. The van der Waals surface area contributed by atoms with Gasteiger partial charge in [-0.15, -0.1) is 0 Å². The molecule has 0 spiro atoms. The monoisotopic (exact) mass is 271 g/mol. The van der Waals surface area contributed by atoms with Crippen LogP contribution in [0.5, 0.6) is 0 Å².